The molecular formula is C14H23IN4O2S. The number of piperidine rings is 1. The van der Waals surface area contributed by atoms with Gasteiger partial charge in [0.1, 0.15) is 0 Å². The predicted octanol–water partition coefficient (Wildman–Crippen LogP) is 1.50. The second-order valence-electron chi connectivity index (χ2n) is 5.50. The minimum Gasteiger partial charge on any atom is -0.370 e. The van der Waals surface area contributed by atoms with Crippen LogP contribution >= 0.6 is 24.0 Å². The average Bonchev–Trinajstić information content (AvgIpc) is 2.45. The van der Waals surface area contributed by atoms with Crippen molar-refractivity contribution >= 4 is 40.0 Å². The van der Waals surface area contributed by atoms with Crippen LogP contribution in [0.4, 0.5) is 0 Å². The highest BCUT2D eigenvalue weighted by Gasteiger charge is 2.28. The lowest BCUT2D eigenvalue weighted by atomic mass is 10.0. The van der Waals surface area contributed by atoms with Crippen molar-refractivity contribution in [1.82, 2.24) is 4.31 Å². The molecule has 0 amide bonds. The van der Waals surface area contributed by atoms with Crippen molar-refractivity contribution < 1.29 is 8.42 Å². The standard InChI is InChI=1S/C14H22N4O2S.HI/c1-11-3-2-8-18(10-11)21(19,20)13-6-4-12(5-7-13)9-17-14(15)16;/h4-7,11H,2-3,8-10H2,1H3,(H4,15,16,17);1H. The highest BCUT2D eigenvalue weighted by atomic mass is 127. The third kappa shape index (κ3) is 4.82. The monoisotopic (exact) mass is 438 g/mol. The molecule has 4 N–H and O–H groups in total. The van der Waals surface area contributed by atoms with E-state index in [-0.39, 0.29) is 29.9 Å². The Labute approximate surface area is 149 Å². The van der Waals surface area contributed by atoms with E-state index in [2.05, 4.69) is 11.9 Å². The molecule has 6 nitrogen and oxygen atoms in total. The second kappa shape index (κ2) is 8.11. The van der Waals surface area contributed by atoms with Gasteiger partial charge in [-0.2, -0.15) is 4.31 Å². The maximum absolute atomic E-state index is 12.6. The third-order valence-corrected chi connectivity index (χ3v) is 5.50. The van der Waals surface area contributed by atoms with Crippen LogP contribution in [-0.4, -0.2) is 31.8 Å². The molecule has 1 saturated heterocycles. The van der Waals surface area contributed by atoms with E-state index in [1.165, 1.54) is 0 Å². The van der Waals surface area contributed by atoms with Gasteiger partial charge in [0.25, 0.3) is 0 Å². The number of halogens is 1. The molecule has 1 atom stereocenters. The van der Waals surface area contributed by atoms with Crippen LogP contribution in [0.3, 0.4) is 0 Å². The normalized spacial score (nSPS) is 19.2. The maximum atomic E-state index is 12.6. The van der Waals surface area contributed by atoms with Crippen molar-refractivity contribution in [3.8, 4) is 0 Å². The summed E-state index contributed by atoms with van der Waals surface area (Å²) in [6, 6.07) is 6.72. The smallest absolute Gasteiger partial charge is 0.243 e. The lowest BCUT2D eigenvalue weighted by molar-refractivity contribution is 0.281. The molecule has 1 fully saturated rings. The lowest BCUT2D eigenvalue weighted by Gasteiger charge is -2.30. The second-order valence-corrected chi connectivity index (χ2v) is 7.43. The summed E-state index contributed by atoms with van der Waals surface area (Å²) in [6.45, 7) is 3.63. The van der Waals surface area contributed by atoms with E-state index in [0.29, 0.717) is 30.4 Å². The molecule has 1 aromatic rings. The van der Waals surface area contributed by atoms with Gasteiger partial charge in [0, 0.05) is 13.1 Å². The van der Waals surface area contributed by atoms with E-state index in [0.717, 1.165) is 18.4 Å². The topological polar surface area (TPSA) is 102 Å². The zero-order chi connectivity index (χ0) is 15.5. The zero-order valence-electron chi connectivity index (χ0n) is 12.6. The quantitative estimate of drug-likeness (QED) is 0.423. The van der Waals surface area contributed by atoms with Crippen molar-refractivity contribution in [1.29, 1.82) is 0 Å². The Morgan fingerprint density at radius 3 is 2.50 bits per heavy atom. The summed E-state index contributed by atoms with van der Waals surface area (Å²) < 4.78 is 26.7. The van der Waals surface area contributed by atoms with Crippen LogP contribution < -0.4 is 11.5 Å². The summed E-state index contributed by atoms with van der Waals surface area (Å²) in [5.74, 6) is 0.434. The van der Waals surface area contributed by atoms with Gasteiger partial charge in [-0.25, -0.2) is 13.4 Å². The Hall–Kier alpha value is -0.870. The van der Waals surface area contributed by atoms with Gasteiger partial charge in [-0.1, -0.05) is 19.1 Å². The van der Waals surface area contributed by atoms with Crippen molar-refractivity contribution in [2.45, 2.75) is 31.2 Å². The molecule has 1 aliphatic heterocycles. The van der Waals surface area contributed by atoms with Gasteiger partial charge >= 0.3 is 0 Å². The fourth-order valence-electron chi connectivity index (χ4n) is 2.46. The van der Waals surface area contributed by atoms with E-state index in [4.69, 9.17) is 11.5 Å². The lowest BCUT2D eigenvalue weighted by Crippen LogP contribution is -2.39. The van der Waals surface area contributed by atoms with Crippen LogP contribution in [0.5, 0.6) is 0 Å². The fourth-order valence-corrected chi connectivity index (χ4v) is 4.06. The number of benzene rings is 1. The van der Waals surface area contributed by atoms with Gasteiger partial charge in [0.2, 0.25) is 10.0 Å². The summed E-state index contributed by atoms with van der Waals surface area (Å²) in [5.41, 5.74) is 11.4. The molecule has 0 saturated carbocycles. The molecule has 0 aliphatic carbocycles. The first-order chi connectivity index (χ1) is 9.89. The summed E-state index contributed by atoms with van der Waals surface area (Å²) in [7, 11) is -3.39. The predicted molar refractivity (Wildman–Crippen MR) is 98.5 cm³/mol. The average molecular weight is 438 g/mol. The minimum absolute atomic E-state index is 0. The van der Waals surface area contributed by atoms with Crippen molar-refractivity contribution in [3.63, 3.8) is 0 Å². The molecular weight excluding hydrogens is 415 g/mol. The number of aliphatic imine (C=N–C) groups is 1. The highest BCUT2D eigenvalue weighted by Crippen LogP contribution is 2.23. The number of sulfonamides is 1. The van der Waals surface area contributed by atoms with Gasteiger partial charge in [-0.3, -0.25) is 0 Å². The largest absolute Gasteiger partial charge is 0.370 e. The number of hydrogen-bond donors (Lipinski definition) is 2. The van der Waals surface area contributed by atoms with E-state index >= 15 is 0 Å². The zero-order valence-corrected chi connectivity index (χ0v) is 15.8. The summed E-state index contributed by atoms with van der Waals surface area (Å²) >= 11 is 0. The van der Waals surface area contributed by atoms with E-state index in [9.17, 15) is 8.42 Å². The summed E-state index contributed by atoms with van der Waals surface area (Å²) in [4.78, 5) is 4.22. The number of nitrogens with two attached hydrogens (primary N) is 2. The Balaban J connectivity index is 0.00000242. The fraction of sp³-hybridized carbons (Fsp3) is 0.500. The van der Waals surface area contributed by atoms with Crippen LogP contribution in [0, 0.1) is 5.92 Å². The highest BCUT2D eigenvalue weighted by molar-refractivity contribution is 14.0. The summed E-state index contributed by atoms with van der Waals surface area (Å²) in [5, 5.41) is 0. The van der Waals surface area contributed by atoms with Crippen LogP contribution in [0.15, 0.2) is 34.2 Å². The Morgan fingerprint density at radius 2 is 1.95 bits per heavy atom. The van der Waals surface area contributed by atoms with Gasteiger partial charge in [-0.05, 0) is 36.5 Å². The molecule has 8 heteroatoms. The van der Waals surface area contributed by atoms with Crippen molar-refractivity contribution in [3.05, 3.63) is 29.8 Å². The van der Waals surface area contributed by atoms with E-state index in [1.54, 1.807) is 28.6 Å². The third-order valence-electron chi connectivity index (χ3n) is 3.63. The number of rotatable bonds is 4. The summed E-state index contributed by atoms with van der Waals surface area (Å²) in [6.07, 6.45) is 2.01. The Kier molecular flexibility index (Phi) is 7.07. The molecule has 0 radical (unpaired) electrons. The van der Waals surface area contributed by atoms with Crippen LogP contribution in [0.2, 0.25) is 0 Å². The van der Waals surface area contributed by atoms with Gasteiger partial charge in [0.05, 0.1) is 11.4 Å². The first-order valence-electron chi connectivity index (χ1n) is 7.04. The molecule has 1 aromatic carbocycles. The van der Waals surface area contributed by atoms with Crippen LogP contribution in [-0.2, 0) is 16.6 Å². The molecule has 1 unspecified atom stereocenters. The molecule has 0 spiro atoms. The van der Waals surface area contributed by atoms with Crippen LogP contribution in [0.25, 0.3) is 0 Å². The minimum atomic E-state index is -3.39. The molecule has 22 heavy (non-hydrogen) atoms. The SMILES string of the molecule is CC1CCCN(S(=O)(=O)c2ccc(CN=C(N)N)cc2)C1.I. The Morgan fingerprint density at radius 1 is 1.32 bits per heavy atom. The van der Waals surface area contributed by atoms with Crippen LogP contribution in [0.1, 0.15) is 25.3 Å². The van der Waals surface area contributed by atoms with Crippen molar-refractivity contribution in [2.75, 3.05) is 13.1 Å². The first kappa shape index (κ1) is 19.2. The molecule has 2 rings (SSSR count). The molecule has 124 valence electrons. The first-order valence-corrected chi connectivity index (χ1v) is 8.48. The number of hydrogen-bond acceptors (Lipinski definition) is 3. The maximum Gasteiger partial charge on any atom is 0.243 e. The van der Waals surface area contributed by atoms with Gasteiger partial charge in [-0.15, -0.1) is 24.0 Å². The molecule has 1 heterocycles. The molecule has 0 bridgehead atoms. The number of guanidine groups is 1. The number of nitrogens with zero attached hydrogens (tertiary/aromatic N) is 2. The van der Waals surface area contributed by atoms with E-state index < -0.39 is 10.0 Å². The Bertz CT molecular complexity index is 612. The van der Waals surface area contributed by atoms with Gasteiger partial charge in [0.15, 0.2) is 5.96 Å². The van der Waals surface area contributed by atoms with Gasteiger partial charge < -0.3 is 11.5 Å². The van der Waals surface area contributed by atoms with Crippen molar-refractivity contribution in [2.24, 2.45) is 22.4 Å². The van der Waals surface area contributed by atoms with E-state index in [1.807, 2.05) is 0 Å². The molecule has 0 aromatic heterocycles. The molecule has 1 aliphatic rings.